The summed E-state index contributed by atoms with van der Waals surface area (Å²) in [6, 6.07) is 14.9. The van der Waals surface area contributed by atoms with Crippen LogP contribution in [0.25, 0.3) is 0 Å². The Labute approximate surface area is 184 Å². The molecule has 0 saturated heterocycles. The first-order valence-electron chi connectivity index (χ1n) is 10.5. The lowest BCUT2D eigenvalue weighted by atomic mass is 9.96. The number of nitrogens with zero attached hydrogens (tertiary/aromatic N) is 2. The molecule has 1 saturated carbocycles. The van der Waals surface area contributed by atoms with Gasteiger partial charge in [-0.1, -0.05) is 37.5 Å². The van der Waals surface area contributed by atoms with Gasteiger partial charge in [0, 0.05) is 31.4 Å². The fourth-order valence-corrected chi connectivity index (χ4v) is 5.22. The van der Waals surface area contributed by atoms with Crippen LogP contribution in [0.2, 0.25) is 0 Å². The maximum absolute atomic E-state index is 12.9. The molecule has 0 spiro atoms. The summed E-state index contributed by atoms with van der Waals surface area (Å²) in [6.45, 7) is -0.113. The van der Waals surface area contributed by atoms with Crippen molar-refractivity contribution in [2.45, 2.75) is 43.0 Å². The zero-order valence-electron chi connectivity index (χ0n) is 18.0. The molecular weight excluding hydrogens is 414 g/mol. The van der Waals surface area contributed by atoms with E-state index in [1.54, 1.807) is 19.2 Å². The molecule has 31 heavy (non-hydrogen) atoms. The van der Waals surface area contributed by atoms with Crippen molar-refractivity contribution in [1.29, 1.82) is 0 Å². The predicted octanol–water partition coefficient (Wildman–Crippen LogP) is 3.35. The first kappa shape index (κ1) is 23.0. The van der Waals surface area contributed by atoms with Gasteiger partial charge in [0.1, 0.15) is 0 Å². The van der Waals surface area contributed by atoms with Crippen LogP contribution in [0, 0.1) is 0 Å². The van der Waals surface area contributed by atoms with E-state index in [0.29, 0.717) is 11.3 Å². The standard InChI is InChI=1S/C23H29N3O4S/c1-25(17-22(27)24-19-9-5-3-6-10-19)23(28)18-13-15-21(16-14-18)31(29,30)26(2)20-11-7-4-8-12-20/h3,5-6,9-10,13-16,20H,4,7-8,11-12,17H2,1-2H3,(H,24,27). The maximum atomic E-state index is 12.9. The second-order valence-electron chi connectivity index (χ2n) is 7.91. The SMILES string of the molecule is CN(CC(=O)Nc1ccccc1)C(=O)c1ccc(S(=O)(=O)N(C)C2CCCCC2)cc1. The van der Waals surface area contributed by atoms with Crippen LogP contribution in [0.4, 0.5) is 5.69 Å². The fraction of sp³-hybridized carbons (Fsp3) is 0.391. The molecule has 2 aromatic carbocycles. The Morgan fingerprint density at radius 3 is 2.16 bits per heavy atom. The molecule has 8 heteroatoms. The molecule has 0 heterocycles. The number of hydrogen-bond donors (Lipinski definition) is 1. The summed E-state index contributed by atoms with van der Waals surface area (Å²) >= 11 is 0. The molecule has 1 aliphatic carbocycles. The van der Waals surface area contributed by atoms with E-state index in [9.17, 15) is 18.0 Å². The Bertz CT molecular complexity index is 1000. The van der Waals surface area contributed by atoms with Gasteiger partial charge >= 0.3 is 0 Å². The number of para-hydroxylation sites is 1. The number of nitrogens with one attached hydrogen (secondary N) is 1. The summed E-state index contributed by atoms with van der Waals surface area (Å²) in [7, 11) is -0.446. The highest BCUT2D eigenvalue weighted by Crippen LogP contribution is 2.26. The van der Waals surface area contributed by atoms with Gasteiger partial charge in [0.15, 0.2) is 0 Å². The number of likely N-dealkylation sites (N-methyl/N-ethyl adjacent to an activating group) is 1. The second-order valence-corrected chi connectivity index (χ2v) is 9.91. The summed E-state index contributed by atoms with van der Waals surface area (Å²) < 4.78 is 27.3. The predicted molar refractivity (Wildman–Crippen MR) is 120 cm³/mol. The molecule has 1 N–H and O–H groups in total. The molecular formula is C23H29N3O4S. The van der Waals surface area contributed by atoms with Crippen LogP contribution in [0.1, 0.15) is 42.5 Å². The fourth-order valence-electron chi connectivity index (χ4n) is 3.81. The minimum atomic E-state index is -3.61. The third-order valence-corrected chi connectivity index (χ3v) is 7.58. The largest absolute Gasteiger partial charge is 0.332 e. The highest BCUT2D eigenvalue weighted by molar-refractivity contribution is 7.89. The number of anilines is 1. The zero-order chi connectivity index (χ0) is 22.4. The molecule has 0 aliphatic heterocycles. The van der Waals surface area contributed by atoms with Gasteiger partial charge in [-0.15, -0.1) is 0 Å². The quantitative estimate of drug-likeness (QED) is 0.711. The van der Waals surface area contributed by atoms with Crippen LogP contribution in [-0.4, -0.2) is 56.1 Å². The number of rotatable bonds is 7. The van der Waals surface area contributed by atoms with Crippen molar-refractivity contribution in [2.24, 2.45) is 0 Å². The van der Waals surface area contributed by atoms with Crippen molar-refractivity contribution in [2.75, 3.05) is 26.0 Å². The third-order valence-electron chi connectivity index (χ3n) is 5.65. The van der Waals surface area contributed by atoms with E-state index in [0.717, 1.165) is 32.1 Å². The summed E-state index contributed by atoms with van der Waals surface area (Å²) in [6.07, 6.45) is 4.99. The Hall–Kier alpha value is -2.71. The highest BCUT2D eigenvalue weighted by Gasteiger charge is 2.29. The molecule has 2 aromatic rings. The van der Waals surface area contributed by atoms with E-state index >= 15 is 0 Å². The number of amides is 2. The highest BCUT2D eigenvalue weighted by atomic mass is 32.2. The second kappa shape index (κ2) is 10.1. The van der Waals surface area contributed by atoms with Gasteiger partial charge in [-0.25, -0.2) is 8.42 Å². The minimum absolute atomic E-state index is 0.0225. The summed E-state index contributed by atoms with van der Waals surface area (Å²) in [5, 5.41) is 2.73. The number of carbonyl (C=O) groups is 2. The molecule has 0 atom stereocenters. The van der Waals surface area contributed by atoms with Gasteiger partial charge in [-0.05, 0) is 49.2 Å². The van der Waals surface area contributed by atoms with Gasteiger partial charge in [-0.2, -0.15) is 4.31 Å². The first-order chi connectivity index (χ1) is 14.8. The molecule has 1 fully saturated rings. The molecule has 1 aliphatic rings. The maximum Gasteiger partial charge on any atom is 0.254 e. The topological polar surface area (TPSA) is 86.8 Å². The lowest BCUT2D eigenvalue weighted by molar-refractivity contribution is -0.116. The Kier molecular flexibility index (Phi) is 7.46. The van der Waals surface area contributed by atoms with Gasteiger partial charge in [0.25, 0.3) is 5.91 Å². The Morgan fingerprint density at radius 2 is 1.55 bits per heavy atom. The van der Waals surface area contributed by atoms with E-state index in [2.05, 4.69) is 5.32 Å². The van der Waals surface area contributed by atoms with Crippen LogP contribution in [0.5, 0.6) is 0 Å². The van der Waals surface area contributed by atoms with Crippen LogP contribution >= 0.6 is 0 Å². The van der Waals surface area contributed by atoms with Crippen molar-refractivity contribution in [3.8, 4) is 0 Å². The number of sulfonamides is 1. The van der Waals surface area contributed by atoms with E-state index < -0.39 is 10.0 Å². The third kappa shape index (κ3) is 5.71. The molecule has 2 amide bonds. The van der Waals surface area contributed by atoms with Crippen molar-refractivity contribution >= 4 is 27.5 Å². The first-order valence-corrected chi connectivity index (χ1v) is 11.9. The molecule has 166 valence electrons. The summed E-state index contributed by atoms with van der Waals surface area (Å²) in [4.78, 5) is 26.3. The molecule has 0 unspecified atom stereocenters. The van der Waals surface area contributed by atoms with Gasteiger partial charge in [0.05, 0.1) is 11.4 Å². The van der Waals surface area contributed by atoms with Crippen LogP contribution < -0.4 is 5.32 Å². The smallest absolute Gasteiger partial charge is 0.254 e. The average Bonchev–Trinajstić information content (AvgIpc) is 2.79. The number of carbonyl (C=O) groups excluding carboxylic acids is 2. The Morgan fingerprint density at radius 1 is 0.935 bits per heavy atom. The van der Waals surface area contributed by atoms with Crippen molar-refractivity contribution in [3.05, 3.63) is 60.2 Å². The molecule has 0 bridgehead atoms. The van der Waals surface area contributed by atoms with Gasteiger partial charge < -0.3 is 10.2 Å². The normalized spacial score (nSPS) is 14.9. The van der Waals surface area contributed by atoms with Gasteiger partial charge in [0.2, 0.25) is 15.9 Å². The summed E-state index contributed by atoms with van der Waals surface area (Å²) in [5.74, 6) is -0.664. The van der Waals surface area contributed by atoms with Crippen LogP contribution in [0.15, 0.2) is 59.5 Å². The molecule has 0 radical (unpaired) electrons. The Balaban J connectivity index is 1.63. The van der Waals surface area contributed by atoms with E-state index in [1.165, 1.54) is 40.5 Å². The van der Waals surface area contributed by atoms with E-state index in [1.807, 2.05) is 18.2 Å². The lowest BCUT2D eigenvalue weighted by Crippen LogP contribution is -2.38. The van der Waals surface area contributed by atoms with Crippen molar-refractivity contribution in [3.63, 3.8) is 0 Å². The summed E-state index contributed by atoms with van der Waals surface area (Å²) in [5.41, 5.74) is 0.985. The van der Waals surface area contributed by atoms with Crippen molar-refractivity contribution in [1.82, 2.24) is 9.21 Å². The lowest BCUT2D eigenvalue weighted by Gasteiger charge is -2.30. The zero-order valence-corrected chi connectivity index (χ0v) is 18.8. The van der Waals surface area contributed by atoms with Crippen molar-refractivity contribution < 1.29 is 18.0 Å². The average molecular weight is 444 g/mol. The monoisotopic (exact) mass is 443 g/mol. The van der Waals surface area contributed by atoms with Crippen LogP contribution in [0.3, 0.4) is 0 Å². The molecule has 7 nitrogen and oxygen atoms in total. The molecule has 0 aromatic heterocycles. The number of benzene rings is 2. The van der Waals surface area contributed by atoms with Crippen LogP contribution in [-0.2, 0) is 14.8 Å². The molecule has 3 rings (SSSR count). The van der Waals surface area contributed by atoms with E-state index in [4.69, 9.17) is 0 Å². The minimum Gasteiger partial charge on any atom is -0.332 e. The van der Waals surface area contributed by atoms with E-state index in [-0.39, 0.29) is 29.3 Å². The number of hydrogen-bond acceptors (Lipinski definition) is 4. The van der Waals surface area contributed by atoms with Gasteiger partial charge in [-0.3, -0.25) is 9.59 Å².